The molecule has 3 rings (SSSR count). The first-order valence-electron chi connectivity index (χ1n) is 8.57. The summed E-state index contributed by atoms with van der Waals surface area (Å²) in [5, 5.41) is 10.3. The summed E-state index contributed by atoms with van der Waals surface area (Å²) in [5.41, 5.74) is 1.95. The number of nitrogens with zero attached hydrogens (tertiary/aromatic N) is 1. The van der Waals surface area contributed by atoms with Crippen LogP contribution in [0, 0.1) is 0 Å². The van der Waals surface area contributed by atoms with E-state index in [1.807, 2.05) is 54.3 Å². The lowest BCUT2D eigenvalue weighted by Crippen LogP contribution is -2.39. The van der Waals surface area contributed by atoms with Gasteiger partial charge < -0.3 is 9.84 Å². The molecule has 0 amide bonds. The number of carboxylic acids is 1. The van der Waals surface area contributed by atoms with E-state index in [-0.39, 0.29) is 6.04 Å². The van der Waals surface area contributed by atoms with Crippen molar-refractivity contribution in [2.24, 2.45) is 0 Å². The van der Waals surface area contributed by atoms with Gasteiger partial charge in [0.2, 0.25) is 0 Å². The molecule has 2 aromatic rings. The molecule has 1 aliphatic heterocycles. The van der Waals surface area contributed by atoms with Gasteiger partial charge in [0.15, 0.2) is 0 Å². The summed E-state index contributed by atoms with van der Waals surface area (Å²) >= 11 is 6.26. The Hall–Kier alpha value is -2.04. The lowest BCUT2D eigenvalue weighted by Gasteiger charge is -2.33. The normalized spacial score (nSPS) is 18.9. The number of carboxylic acid groups (broad SMARTS) is 1. The van der Waals surface area contributed by atoms with Gasteiger partial charge in [0.05, 0.1) is 12.6 Å². The van der Waals surface area contributed by atoms with E-state index in [1.54, 1.807) is 6.07 Å². The highest BCUT2D eigenvalue weighted by molar-refractivity contribution is 6.30. The van der Waals surface area contributed by atoms with Crippen LogP contribution in [0.3, 0.4) is 0 Å². The number of benzene rings is 2. The first-order valence-corrected chi connectivity index (χ1v) is 8.95. The smallest absolute Gasteiger partial charge is 0.320 e. The Morgan fingerprint density at radius 3 is 2.76 bits per heavy atom. The standard InChI is InChI=1S/C20H22ClNO3/c1-2-25-18-11-10-15(21)13-16(18)19(14-7-4-3-5-8-14)22-12-6-9-17(22)20(23)24/h3-5,7-8,10-11,13,17,19H,2,6,9,12H2,1H3,(H,23,24). The van der Waals surface area contributed by atoms with Crippen molar-refractivity contribution in [1.29, 1.82) is 0 Å². The van der Waals surface area contributed by atoms with Gasteiger partial charge in [-0.1, -0.05) is 41.9 Å². The minimum absolute atomic E-state index is 0.204. The molecule has 1 aliphatic rings. The van der Waals surface area contributed by atoms with Crippen LogP contribution in [0.15, 0.2) is 48.5 Å². The van der Waals surface area contributed by atoms with E-state index < -0.39 is 12.0 Å². The van der Waals surface area contributed by atoms with Crippen LogP contribution in [0.5, 0.6) is 5.75 Å². The minimum atomic E-state index is -0.779. The average molecular weight is 360 g/mol. The molecule has 2 aromatic carbocycles. The van der Waals surface area contributed by atoms with Gasteiger partial charge in [0.25, 0.3) is 0 Å². The van der Waals surface area contributed by atoms with Gasteiger partial charge in [0.1, 0.15) is 11.8 Å². The van der Waals surface area contributed by atoms with Crippen LogP contribution in [0.4, 0.5) is 0 Å². The van der Waals surface area contributed by atoms with Crippen LogP contribution >= 0.6 is 11.6 Å². The van der Waals surface area contributed by atoms with Crippen LogP contribution in [0.1, 0.15) is 36.9 Å². The second-order valence-electron chi connectivity index (χ2n) is 6.16. The maximum Gasteiger partial charge on any atom is 0.320 e. The van der Waals surface area contributed by atoms with Crippen molar-refractivity contribution in [3.05, 3.63) is 64.7 Å². The number of halogens is 1. The van der Waals surface area contributed by atoms with Crippen LogP contribution in [0.2, 0.25) is 5.02 Å². The molecule has 5 heteroatoms. The maximum absolute atomic E-state index is 11.8. The molecule has 2 unspecified atom stereocenters. The molecule has 0 spiro atoms. The van der Waals surface area contributed by atoms with E-state index >= 15 is 0 Å². The molecule has 0 aliphatic carbocycles. The number of hydrogen-bond acceptors (Lipinski definition) is 3. The number of likely N-dealkylation sites (tertiary alicyclic amines) is 1. The Morgan fingerprint density at radius 1 is 1.32 bits per heavy atom. The first kappa shape index (κ1) is 17.8. The molecule has 25 heavy (non-hydrogen) atoms. The molecule has 4 nitrogen and oxygen atoms in total. The Bertz CT molecular complexity index is 735. The molecule has 0 bridgehead atoms. The molecule has 1 fully saturated rings. The zero-order valence-corrected chi connectivity index (χ0v) is 14.9. The lowest BCUT2D eigenvalue weighted by molar-refractivity contribution is -0.142. The Labute approximate surface area is 153 Å². The summed E-state index contributed by atoms with van der Waals surface area (Å²) in [6, 6.07) is 14.8. The van der Waals surface area contributed by atoms with Gasteiger partial charge in [-0.2, -0.15) is 0 Å². The first-order chi connectivity index (χ1) is 12.1. The van der Waals surface area contributed by atoms with Crippen LogP contribution in [-0.2, 0) is 4.79 Å². The third kappa shape index (κ3) is 3.80. The molecule has 2 atom stereocenters. The fraction of sp³-hybridized carbons (Fsp3) is 0.350. The largest absolute Gasteiger partial charge is 0.494 e. The molecule has 132 valence electrons. The van der Waals surface area contributed by atoms with Gasteiger partial charge in [0, 0.05) is 17.1 Å². The molecular weight excluding hydrogens is 338 g/mol. The van der Waals surface area contributed by atoms with Crippen molar-refractivity contribution in [2.45, 2.75) is 31.8 Å². The number of ether oxygens (including phenoxy) is 1. The Morgan fingerprint density at radius 2 is 2.08 bits per heavy atom. The second-order valence-corrected chi connectivity index (χ2v) is 6.60. The number of carbonyl (C=O) groups is 1. The average Bonchev–Trinajstić information content (AvgIpc) is 3.08. The van der Waals surface area contributed by atoms with Gasteiger partial charge in [-0.3, -0.25) is 9.69 Å². The van der Waals surface area contributed by atoms with Crippen molar-refractivity contribution in [3.8, 4) is 5.75 Å². The maximum atomic E-state index is 11.8. The highest BCUT2D eigenvalue weighted by atomic mass is 35.5. The lowest BCUT2D eigenvalue weighted by atomic mass is 9.95. The van der Waals surface area contributed by atoms with Gasteiger partial charge in [-0.25, -0.2) is 0 Å². The van der Waals surface area contributed by atoms with Gasteiger partial charge in [-0.15, -0.1) is 0 Å². The zero-order valence-electron chi connectivity index (χ0n) is 14.2. The molecular formula is C20H22ClNO3. The molecule has 0 aromatic heterocycles. The predicted molar refractivity (Wildman–Crippen MR) is 98.3 cm³/mol. The SMILES string of the molecule is CCOc1ccc(Cl)cc1C(c1ccccc1)N1CCCC1C(=O)O. The van der Waals surface area contributed by atoms with E-state index in [0.717, 1.165) is 29.8 Å². The monoisotopic (exact) mass is 359 g/mol. The van der Waals surface area contributed by atoms with Crippen molar-refractivity contribution in [2.75, 3.05) is 13.2 Å². The van der Waals surface area contributed by atoms with Crippen molar-refractivity contribution < 1.29 is 14.6 Å². The highest BCUT2D eigenvalue weighted by Crippen LogP contribution is 2.40. The summed E-state index contributed by atoms with van der Waals surface area (Å²) in [6.07, 6.45) is 1.52. The minimum Gasteiger partial charge on any atom is -0.494 e. The van der Waals surface area contributed by atoms with E-state index in [1.165, 1.54) is 0 Å². The van der Waals surface area contributed by atoms with Crippen LogP contribution in [-0.4, -0.2) is 35.2 Å². The van der Waals surface area contributed by atoms with E-state index in [9.17, 15) is 9.90 Å². The molecule has 1 saturated heterocycles. The summed E-state index contributed by atoms with van der Waals surface area (Å²) in [5.74, 6) is -0.0322. The second kappa shape index (κ2) is 7.89. The van der Waals surface area contributed by atoms with Crippen LogP contribution < -0.4 is 4.74 Å². The molecule has 0 saturated carbocycles. The fourth-order valence-corrected chi connectivity index (χ4v) is 3.75. The molecule has 1 heterocycles. The summed E-state index contributed by atoms with van der Waals surface area (Å²) < 4.78 is 5.82. The van der Waals surface area contributed by atoms with E-state index in [4.69, 9.17) is 16.3 Å². The fourth-order valence-electron chi connectivity index (χ4n) is 3.57. The van der Waals surface area contributed by atoms with Crippen molar-refractivity contribution in [3.63, 3.8) is 0 Å². The zero-order chi connectivity index (χ0) is 17.8. The van der Waals surface area contributed by atoms with Crippen LogP contribution in [0.25, 0.3) is 0 Å². The third-order valence-corrected chi connectivity index (χ3v) is 4.83. The topological polar surface area (TPSA) is 49.8 Å². The van der Waals surface area contributed by atoms with E-state index in [0.29, 0.717) is 18.1 Å². The van der Waals surface area contributed by atoms with Crippen molar-refractivity contribution in [1.82, 2.24) is 4.90 Å². The number of hydrogen-bond donors (Lipinski definition) is 1. The third-order valence-electron chi connectivity index (χ3n) is 4.59. The Kier molecular flexibility index (Phi) is 5.61. The molecule has 0 radical (unpaired) electrons. The summed E-state index contributed by atoms with van der Waals surface area (Å²) in [4.78, 5) is 13.8. The summed E-state index contributed by atoms with van der Waals surface area (Å²) in [7, 11) is 0. The van der Waals surface area contributed by atoms with Gasteiger partial charge in [-0.05, 0) is 43.5 Å². The van der Waals surface area contributed by atoms with Gasteiger partial charge >= 0.3 is 5.97 Å². The number of aliphatic carboxylic acids is 1. The highest BCUT2D eigenvalue weighted by Gasteiger charge is 2.37. The van der Waals surface area contributed by atoms with E-state index in [2.05, 4.69) is 0 Å². The van der Waals surface area contributed by atoms with Crippen molar-refractivity contribution >= 4 is 17.6 Å². The predicted octanol–water partition coefficient (Wildman–Crippen LogP) is 4.38. The quantitative estimate of drug-likeness (QED) is 0.831. The number of rotatable bonds is 6. The molecule has 1 N–H and O–H groups in total. The summed E-state index contributed by atoms with van der Waals surface area (Å²) in [6.45, 7) is 3.21. The Balaban J connectivity index is 2.12.